The number of rotatable bonds is 5. The van der Waals surface area contributed by atoms with Crippen molar-refractivity contribution in [2.75, 3.05) is 29.7 Å². The van der Waals surface area contributed by atoms with Crippen LogP contribution in [0.25, 0.3) is 0 Å². The molecule has 0 saturated carbocycles. The fraction of sp³-hybridized carbons (Fsp3) is 0.600. The summed E-state index contributed by atoms with van der Waals surface area (Å²) in [5.74, 6) is 2.46. The van der Waals surface area contributed by atoms with Crippen molar-refractivity contribution in [2.24, 2.45) is 0 Å². The molecule has 0 spiro atoms. The van der Waals surface area contributed by atoms with Crippen LogP contribution in [0.15, 0.2) is 12.4 Å². The molecule has 0 aromatic carbocycles. The molecular formula is C10H18N4S. The first-order valence-corrected chi connectivity index (χ1v) is 6.34. The fourth-order valence-electron chi connectivity index (χ4n) is 1.25. The van der Waals surface area contributed by atoms with Crippen molar-refractivity contribution in [3.8, 4) is 0 Å². The highest BCUT2D eigenvalue weighted by Gasteiger charge is 2.10. The van der Waals surface area contributed by atoms with Crippen LogP contribution in [0, 0.1) is 0 Å². The Hall–Kier alpha value is -0.970. The van der Waals surface area contributed by atoms with Crippen molar-refractivity contribution >= 4 is 23.4 Å². The van der Waals surface area contributed by atoms with Gasteiger partial charge in [-0.3, -0.25) is 4.98 Å². The summed E-state index contributed by atoms with van der Waals surface area (Å²) in [5.41, 5.74) is 5.59. The molecule has 2 N–H and O–H groups in total. The van der Waals surface area contributed by atoms with Gasteiger partial charge >= 0.3 is 0 Å². The predicted octanol–water partition coefficient (Wildman–Crippen LogP) is 1.64. The summed E-state index contributed by atoms with van der Waals surface area (Å²) in [6, 6.07) is 0.452. The van der Waals surface area contributed by atoms with Gasteiger partial charge in [0, 0.05) is 13.1 Å². The quantitative estimate of drug-likeness (QED) is 0.827. The molecule has 5 heteroatoms. The van der Waals surface area contributed by atoms with Crippen LogP contribution >= 0.6 is 11.8 Å². The van der Waals surface area contributed by atoms with E-state index >= 15 is 0 Å². The maximum absolute atomic E-state index is 5.59. The van der Waals surface area contributed by atoms with E-state index in [-0.39, 0.29) is 0 Å². The Balaban J connectivity index is 2.62. The lowest BCUT2D eigenvalue weighted by atomic mass is 10.2. The Kier molecular flexibility index (Phi) is 4.68. The zero-order valence-corrected chi connectivity index (χ0v) is 10.3. The molecule has 1 aromatic rings. The summed E-state index contributed by atoms with van der Waals surface area (Å²) >= 11 is 1.86. The first-order valence-electron chi connectivity index (χ1n) is 4.94. The van der Waals surface area contributed by atoms with Crippen LogP contribution in [-0.4, -0.2) is 35.1 Å². The second kappa shape index (κ2) is 5.80. The zero-order chi connectivity index (χ0) is 11.3. The average molecular weight is 226 g/mol. The highest BCUT2D eigenvalue weighted by Crippen LogP contribution is 2.14. The van der Waals surface area contributed by atoms with Gasteiger partial charge in [0.15, 0.2) is 0 Å². The molecule has 0 aliphatic heterocycles. The van der Waals surface area contributed by atoms with E-state index in [1.165, 1.54) is 0 Å². The molecule has 1 heterocycles. The Bertz CT molecular complexity index is 305. The fourth-order valence-corrected chi connectivity index (χ4v) is 1.82. The van der Waals surface area contributed by atoms with Crippen molar-refractivity contribution in [1.82, 2.24) is 9.97 Å². The number of hydrogen-bond acceptors (Lipinski definition) is 5. The lowest BCUT2D eigenvalue weighted by Gasteiger charge is -2.25. The first-order chi connectivity index (χ1) is 7.15. The molecule has 0 saturated heterocycles. The van der Waals surface area contributed by atoms with E-state index < -0.39 is 0 Å². The second-order valence-electron chi connectivity index (χ2n) is 3.54. The molecule has 0 radical (unpaired) electrons. The Morgan fingerprint density at radius 3 is 2.87 bits per heavy atom. The van der Waals surface area contributed by atoms with Gasteiger partial charge in [0.25, 0.3) is 0 Å². The molecular weight excluding hydrogens is 208 g/mol. The SMILES string of the molecule is CSCCC(C)N(C)c1cncc(N)n1. The van der Waals surface area contributed by atoms with Crippen molar-refractivity contribution in [1.29, 1.82) is 0 Å². The van der Waals surface area contributed by atoms with Gasteiger partial charge in [0.1, 0.15) is 11.6 Å². The van der Waals surface area contributed by atoms with Crippen LogP contribution in [0.4, 0.5) is 11.6 Å². The van der Waals surface area contributed by atoms with Crippen LogP contribution in [-0.2, 0) is 0 Å². The molecule has 0 amide bonds. The smallest absolute Gasteiger partial charge is 0.149 e. The molecule has 1 rings (SSSR count). The topological polar surface area (TPSA) is 55.0 Å². The minimum atomic E-state index is 0.452. The maximum atomic E-state index is 5.59. The van der Waals surface area contributed by atoms with Crippen molar-refractivity contribution in [2.45, 2.75) is 19.4 Å². The lowest BCUT2D eigenvalue weighted by molar-refractivity contribution is 0.661. The molecule has 0 aliphatic carbocycles. The molecule has 0 fully saturated rings. The summed E-state index contributed by atoms with van der Waals surface area (Å²) in [4.78, 5) is 10.4. The monoisotopic (exact) mass is 226 g/mol. The minimum absolute atomic E-state index is 0.452. The van der Waals surface area contributed by atoms with E-state index in [0.717, 1.165) is 18.0 Å². The van der Waals surface area contributed by atoms with E-state index in [4.69, 9.17) is 5.73 Å². The van der Waals surface area contributed by atoms with Gasteiger partial charge in [-0.25, -0.2) is 4.98 Å². The van der Waals surface area contributed by atoms with Gasteiger partial charge in [-0.15, -0.1) is 0 Å². The molecule has 0 aliphatic rings. The lowest BCUT2D eigenvalue weighted by Crippen LogP contribution is -2.30. The number of anilines is 2. The van der Waals surface area contributed by atoms with E-state index in [1.807, 2.05) is 18.8 Å². The average Bonchev–Trinajstić information content (AvgIpc) is 2.24. The Morgan fingerprint density at radius 1 is 1.53 bits per heavy atom. The largest absolute Gasteiger partial charge is 0.382 e. The highest BCUT2D eigenvalue weighted by atomic mass is 32.2. The van der Waals surface area contributed by atoms with Crippen molar-refractivity contribution in [3.63, 3.8) is 0 Å². The zero-order valence-electron chi connectivity index (χ0n) is 9.47. The number of thioether (sulfide) groups is 1. The number of nitrogens with zero attached hydrogens (tertiary/aromatic N) is 3. The summed E-state index contributed by atoms with van der Waals surface area (Å²) in [5, 5.41) is 0. The van der Waals surface area contributed by atoms with Crippen LogP contribution < -0.4 is 10.6 Å². The number of hydrogen-bond donors (Lipinski definition) is 1. The first kappa shape index (κ1) is 12.1. The predicted molar refractivity (Wildman–Crippen MR) is 67.3 cm³/mol. The molecule has 4 nitrogen and oxygen atoms in total. The van der Waals surface area contributed by atoms with E-state index in [0.29, 0.717) is 11.9 Å². The Labute approximate surface area is 95.3 Å². The third-order valence-corrected chi connectivity index (χ3v) is 3.05. The number of nitrogens with two attached hydrogens (primary N) is 1. The highest BCUT2D eigenvalue weighted by molar-refractivity contribution is 7.98. The maximum Gasteiger partial charge on any atom is 0.149 e. The summed E-state index contributed by atoms with van der Waals surface area (Å²) in [6.07, 6.45) is 6.55. The third kappa shape index (κ3) is 3.58. The van der Waals surface area contributed by atoms with Gasteiger partial charge in [-0.1, -0.05) is 0 Å². The van der Waals surface area contributed by atoms with E-state index in [2.05, 4.69) is 28.0 Å². The normalized spacial score (nSPS) is 12.5. The molecule has 84 valence electrons. The molecule has 0 bridgehead atoms. The van der Waals surface area contributed by atoms with Gasteiger partial charge < -0.3 is 10.6 Å². The second-order valence-corrected chi connectivity index (χ2v) is 4.53. The summed E-state index contributed by atoms with van der Waals surface area (Å²) < 4.78 is 0. The molecule has 15 heavy (non-hydrogen) atoms. The molecule has 1 aromatic heterocycles. The number of aromatic nitrogens is 2. The van der Waals surface area contributed by atoms with Crippen LogP contribution in [0.1, 0.15) is 13.3 Å². The minimum Gasteiger partial charge on any atom is -0.382 e. The van der Waals surface area contributed by atoms with Crippen LogP contribution in [0.3, 0.4) is 0 Å². The molecule has 1 atom stereocenters. The van der Waals surface area contributed by atoms with Crippen LogP contribution in [0.2, 0.25) is 0 Å². The van der Waals surface area contributed by atoms with Gasteiger partial charge in [0.05, 0.1) is 12.4 Å². The number of nitrogen functional groups attached to an aromatic ring is 1. The molecule has 1 unspecified atom stereocenters. The Morgan fingerprint density at radius 2 is 2.27 bits per heavy atom. The third-order valence-electron chi connectivity index (χ3n) is 2.40. The standard InChI is InChI=1S/C10H18N4S/c1-8(4-5-15-3)14(2)10-7-12-6-9(11)13-10/h6-8H,4-5H2,1-3H3,(H2,11,13). The van der Waals surface area contributed by atoms with E-state index in [9.17, 15) is 0 Å². The summed E-state index contributed by atoms with van der Waals surface area (Å²) in [6.45, 7) is 2.18. The summed E-state index contributed by atoms with van der Waals surface area (Å²) in [7, 11) is 2.02. The van der Waals surface area contributed by atoms with Crippen molar-refractivity contribution < 1.29 is 0 Å². The van der Waals surface area contributed by atoms with Gasteiger partial charge in [0.2, 0.25) is 0 Å². The van der Waals surface area contributed by atoms with Crippen LogP contribution in [0.5, 0.6) is 0 Å². The van der Waals surface area contributed by atoms with Gasteiger partial charge in [-0.05, 0) is 25.4 Å². The van der Waals surface area contributed by atoms with E-state index in [1.54, 1.807) is 12.4 Å². The van der Waals surface area contributed by atoms with Crippen molar-refractivity contribution in [3.05, 3.63) is 12.4 Å². The van der Waals surface area contributed by atoms with Gasteiger partial charge in [-0.2, -0.15) is 11.8 Å².